The molecular formula is C19H18N2. The maximum absolute atomic E-state index is 4.81. The molecule has 4 rings (SSSR count). The van der Waals surface area contributed by atoms with Crippen LogP contribution in [0.2, 0.25) is 0 Å². The van der Waals surface area contributed by atoms with Crippen LogP contribution in [0.25, 0.3) is 11.3 Å². The summed E-state index contributed by atoms with van der Waals surface area (Å²) in [5.41, 5.74) is 5.11. The van der Waals surface area contributed by atoms with E-state index in [1.54, 1.807) is 0 Å². The van der Waals surface area contributed by atoms with Crippen LogP contribution in [0.5, 0.6) is 0 Å². The molecule has 0 aliphatic carbocycles. The molecule has 0 radical (unpaired) electrons. The maximum Gasteiger partial charge on any atom is 0.110 e. The largest absolute Gasteiger partial charge is 0.327 e. The lowest BCUT2D eigenvalue weighted by molar-refractivity contribution is 0.655. The number of hydrogen-bond acceptors (Lipinski definition) is 1. The first kappa shape index (κ1) is 12.4. The van der Waals surface area contributed by atoms with Gasteiger partial charge in [-0.2, -0.15) is 0 Å². The van der Waals surface area contributed by atoms with Crippen molar-refractivity contribution in [2.24, 2.45) is 0 Å². The van der Waals surface area contributed by atoms with Crippen molar-refractivity contribution < 1.29 is 0 Å². The smallest absolute Gasteiger partial charge is 0.110 e. The summed E-state index contributed by atoms with van der Waals surface area (Å²) in [7, 11) is 0. The van der Waals surface area contributed by atoms with Crippen molar-refractivity contribution in [1.82, 2.24) is 9.55 Å². The van der Waals surface area contributed by atoms with Crippen molar-refractivity contribution in [3.05, 3.63) is 77.7 Å². The molecule has 2 heterocycles. The van der Waals surface area contributed by atoms with E-state index in [2.05, 4.69) is 72.2 Å². The molecule has 1 atom stereocenters. The van der Waals surface area contributed by atoms with Crippen LogP contribution in [-0.2, 0) is 13.0 Å². The third kappa shape index (κ3) is 2.07. The van der Waals surface area contributed by atoms with E-state index >= 15 is 0 Å². The molecule has 3 aromatic rings. The Labute approximate surface area is 125 Å². The Hall–Kier alpha value is -2.35. The molecule has 0 bridgehead atoms. The topological polar surface area (TPSA) is 17.8 Å². The van der Waals surface area contributed by atoms with E-state index in [0.29, 0.717) is 5.92 Å². The van der Waals surface area contributed by atoms with Crippen LogP contribution >= 0.6 is 0 Å². The molecule has 0 N–H and O–H groups in total. The van der Waals surface area contributed by atoms with E-state index in [1.165, 1.54) is 22.6 Å². The molecule has 0 spiro atoms. The van der Waals surface area contributed by atoms with Crippen molar-refractivity contribution in [2.75, 3.05) is 0 Å². The van der Waals surface area contributed by atoms with Gasteiger partial charge >= 0.3 is 0 Å². The molecule has 0 saturated heterocycles. The molecule has 104 valence electrons. The number of imidazole rings is 1. The molecule has 2 aromatic carbocycles. The van der Waals surface area contributed by atoms with Crippen molar-refractivity contribution in [3.63, 3.8) is 0 Å². The second kappa shape index (κ2) is 4.88. The Kier molecular flexibility index (Phi) is 2.88. The van der Waals surface area contributed by atoms with Crippen molar-refractivity contribution in [2.45, 2.75) is 25.8 Å². The highest BCUT2D eigenvalue weighted by atomic mass is 15.1. The van der Waals surface area contributed by atoms with Crippen molar-refractivity contribution >= 4 is 0 Å². The average molecular weight is 274 g/mol. The van der Waals surface area contributed by atoms with Gasteiger partial charge in [-0.1, -0.05) is 60.7 Å². The van der Waals surface area contributed by atoms with E-state index in [9.17, 15) is 0 Å². The first-order valence-corrected chi connectivity index (χ1v) is 7.49. The summed E-state index contributed by atoms with van der Waals surface area (Å²) in [6.45, 7) is 3.15. The zero-order valence-corrected chi connectivity index (χ0v) is 12.2. The summed E-state index contributed by atoms with van der Waals surface area (Å²) in [4.78, 5) is 4.81. The third-order valence-electron chi connectivity index (χ3n) is 4.37. The molecule has 2 heteroatoms. The van der Waals surface area contributed by atoms with Gasteiger partial charge in [0.2, 0.25) is 0 Å². The molecule has 0 saturated carbocycles. The Morgan fingerprint density at radius 3 is 2.33 bits per heavy atom. The Bertz CT molecular complexity index is 757. The summed E-state index contributed by atoms with van der Waals surface area (Å²) in [6.07, 6.45) is 1.04. The monoisotopic (exact) mass is 274 g/mol. The highest BCUT2D eigenvalue weighted by Crippen LogP contribution is 2.35. The molecule has 0 fully saturated rings. The predicted molar refractivity (Wildman–Crippen MR) is 85.3 cm³/mol. The zero-order chi connectivity index (χ0) is 14.2. The standard InChI is InChI=1S/C19H18N2/c1-14-19(16-10-6-3-7-11-16)21-13-17(12-18(21)20-14)15-8-4-2-5-9-15/h2-11,17H,12-13H2,1H3. The highest BCUT2D eigenvalue weighted by molar-refractivity contribution is 5.63. The van der Waals surface area contributed by atoms with Gasteiger partial charge in [-0.25, -0.2) is 4.98 Å². The third-order valence-corrected chi connectivity index (χ3v) is 4.37. The summed E-state index contributed by atoms with van der Waals surface area (Å²) in [5.74, 6) is 1.77. The van der Waals surface area contributed by atoms with Gasteiger partial charge in [0.1, 0.15) is 5.82 Å². The van der Waals surface area contributed by atoms with Crippen LogP contribution in [0.1, 0.15) is 23.0 Å². The molecule has 1 aromatic heterocycles. The number of rotatable bonds is 2. The van der Waals surface area contributed by atoms with Gasteiger partial charge in [-0.3, -0.25) is 0 Å². The minimum Gasteiger partial charge on any atom is -0.327 e. The first-order valence-electron chi connectivity index (χ1n) is 7.49. The Balaban J connectivity index is 1.73. The second-order valence-electron chi connectivity index (χ2n) is 5.75. The SMILES string of the molecule is Cc1nc2n(c1-c1ccccc1)CC(c1ccccc1)C2. The van der Waals surface area contributed by atoms with Gasteiger partial charge in [-0.05, 0) is 12.5 Å². The number of benzene rings is 2. The summed E-state index contributed by atoms with van der Waals surface area (Å²) >= 11 is 0. The van der Waals surface area contributed by atoms with E-state index in [0.717, 1.165) is 18.7 Å². The molecular weight excluding hydrogens is 256 g/mol. The van der Waals surface area contributed by atoms with Crippen LogP contribution in [0.15, 0.2) is 60.7 Å². The minimum atomic E-state index is 0.553. The van der Waals surface area contributed by atoms with Crippen LogP contribution in [0, 0.1) is 6.92 Å². The number of hydrogen-bond donors (Lipinski definition) is 0. The van der Waals surface area contributed by atoms with Crippen LogP contribution < -0.4 is 0 Å². The van der Waals surface area contributed by atoms with Crippen LogP contribution in [0.3, 0.4) is 0 Å². The van der Waals surface area contributed by atoms with Gasteiger partial charge in [0.25, 0.3) is 0 Å². The van der Waals surface area contributed by atoms with Gasteiger partial charge in [-0.15, -0.1) is 0 Å². The van der Waals surface area contributed by atoms with Gasteiger partial charge in [0.15, 0.2) is 0 Å². The van der Waals surface area contributed by atoms with Gasteiger partial charge < -0.3 is 4.57 Å². The fourth-order valence-corrected chi connectivity index (χ4v) is 3.40. The Morgan fingerprint density at radius 1 is 0.952 bits per heavy atom. The number of aromatic nitrogens is 2. The quantitative estimate of drug-likeness (QED) is 0.685. The lowest BCUT2D eigenvalue weighted by Crippen LogP contribution is -2.03. The number of nitrogens with zero attached hydrogens (tertiary/aromatic N) is 2. The van der Waals surface area contributed by atoms with Gasteiger partial charge in [0, 0.05) is 24.4 Å². The van der Waals surface area contributed by atoms with Crippen LogP contribution in [-0.4, -0.2) is 9.55 Å². The fourth-order valence-electron chi connectivity index (χ4n) is 3.40. The number of aryl methyl sites for hydroxylation is 1. The molecule has 21 heavy (non-hydrogen) atoms. The van der Waals surface area contributed by atoms with E-state index in [-0.39, 0.29) is 0 Å². The summed E-state index contributed by atoms with van der Waals surface area (Å²) in [6, 6.07) is 21.4. The zero-order valence-electron chi connectivity index (χ0n) is 12.2. The van der Waals surface area contributed by atoms with Crippen molar-refractivity contribution in [1.29, 1.82) is 0 Å². The highest BCUT2D eigenvalue weighted by Gasteiger charge is 2.27. The molecule has 1 aliphatic rings. The second-order valence-corrected chi connectivity index (χ2v) is 5.75. The lowest BCUT2D eigenvalue weighted by atomic mass is 9.98. The minimum absolute atomic E-state index is 0.553. The normalized spacial score (nSPS) is 16.9. The molecule has 2 nitrogen and oxygen atoms in total. The molecule has 1 unspecified atom stereocenters. The maximum atomic E-state index is 4.81. The first-order chi connectivity index (χ1) is 10.3. The van der Waals surface area contributed by atoms with Crippen LogP contribution in [0.4, 0.5) is 0 Å². The lowest BCUT2D eigenvalue weighted by Gasteiger charge is -2.11. The molecule has 0 amide bonds. The predicted octanol–water partition coefficient (Wildman–Crippen LogP) is 4.20. The fraction of sp³-hybridized carbons (Fsp3) is 0.211. The summed E-state index contributed by atoms with van der Waals surface area (Å²) < 4.78 is 2.41. The van der Waals surface area contributed by atoms with Crippen molar-refractivity contribution in [3.8, 4) is 11.3 Å². The van der Waals surface area contributed by atoms with Gasteiger partial charge in [0.05, 0.1) is 11.4 Å². The number of fused-ring (bicyclic) bond motifs is 1. The average Bonchev–Trinajstić information content (AvgIpc) is 3.05. The Morgan fingerprint density at radius 2 is 1.62 bits per heavy atom. The van der Waals surface area contributed by atoms with E-state index in [1.807, 2.05) is 0 Å². The summed E-state index contributed by atoms with van der Waals surface area (Å²) in [5, 5.41) is 0. The van der Waals surface area contributed by atoms with E-state index in [4.69, 9.17) is 4.98 Å². The van der Waals surface area contributed by atoms with E-state index < -0.39 is 0 Å². The molecule has 1 aliphatic heterocycles.